The maximum absolute atomic E-state index is 10.8. The van der Waals surface area contributed by atoms with Crippen molar-refractivity contribution in [1.29, 1.82) is 0 Å². The van der Waals surface area contributed by atoms with Crippen LogP contribution in [0, 0.1) is 11.8 Å². The predicted octanol–water partition coefficient (Wildman–Crippen LogP) is -6.12. The molecular weight excluding hydrogens is 270 g/mol. The summed E-state index contributed by atoms with van der Waals surface area (Å²) in [5.74, 6) is -2.70. The van der Waals surface area contributed by atoms with E-state index in [0.717, 1.165) is 0 Å². The smallest absolute Gasteiger partial charge is 0.343 e. The van der Waals surface area contributed by atoms with Crippen LogP contribution in [0.3, 0.4) is 0 Å². The number of aliphatic hydroxyl groups is 4. The molecule has 8 N–H and O–H groups in total. The van der Waals surface area contributed by atoms with Crippen LogP contribution >= 0.6 is 0 Å². The van der Waals surface area contributed by atoms with Crippen LogP contribution < -0.4 is 16.0 Å². The van der Waals surface area contributed by atoms with Gasteiger partial charge in [0, 0.05) is 0 Å². The highest BCUT2D eigenvalue weighted by atomic mass is 16.7. The van der Waals surface area contributed by atoms with Crippen LogP contribution in [0.1, 0.15) is 0 Å². The van der Waals surface area contributed by atoms with E-state index in [-0.39, 0.29) is 5.96 Å². The molecule has 2 aliphatic carbocycles. The molecule has 0 aromatic rings. The van der Waals surface area contributed by atoms with Crippen LogP contribution in [0.2, 0.25) is 0 Å². The number of ether oxygens (including phenoxy) is 2. The Hall–Kier alpha value is -0.970. The van der Waals surface area contributed by atoms with Crippen LogP contribution in [-0.2, 0) is 9.47 Å². The predicted molar refractivity (Wildman–Crippen MR) is 59.5 cm³/mol. The summed E-state index contributed by atoms with van der Waals surface area (Å²) in [6, 6.07) is 0. The van der Waals surface area contributed by atoms with Gasteiger partial charge in [-0.25, -0.2) is 0 Å². The van der Waals surface area contributed by atoms with Gasteiger partial charge in [0.2, 0.25) is 5.79 Å². The minimum absolute atomic E-state index is 0.255. The number of nitrogens with two attached hydrogens (primary N) is 1. The highest BCUT2D eigenvalue weighted by Gasteiger charge is 2.93. The molecule has 7 bridgehead atoms. The largest absolute Gasteiger partial charge is 0.393 e. The SMILES string of the molecule is NC1=[NH+]C2O[C@@H]3C4(O)O[C@H]5[C@H](O)[C@]3(N1)[C@@H]2[C@@H]4[C@@]5(O)CO. The van der Waals surface area contributed by atoms with Crippen molar-refractivity contribution in [3.8, 4) is 0 Å². The summed E-state index contributed by atoms with van der Waals surface area (Å²) in [6.07, 6.45) is -3.65. The number of rotatable bonds is 1. The molecule has 0 radical (unpaired) electrons. The molecule has 4 heterocycles. The van der Waals surface area contributed by atoms with E-state index in [9.17, 15) is 20.4 Å². The third kappa shape index (κ3) is 0.798. The number of nitrogens with one attached hydrogen (secondary N) is 2. The van der Waals surface area contributed by atoms with Crippen LogP contribution in [-0.4, -0.2) is 74.5 Å². The zero-order valence-electron chi connectivity index (χ0n) is 10.4. The Labute approximate surface area is 113 Å². The summed E-state index contributed by atoms with van der Waals surface area (Å²) in [7, 11) is 0. The molecule has 2 saturated carbocycles. The lowest BCUT2D eigenvalue weighted by molar-refractivity contribution is -0.585. The maximum atomic E-state index is 10.8. The molecule has 4 aliphatic heterocycles. The van der Waals surface area contributed by atoms with E-state index in [1.807, 2.05) is 0 Å². The van der Waals surface area contributed by atoms with Gasteiger partial charge in [0.1, 0.15) is 17.8 Å². The topological polar surface area (TPSA) is 151 Å². The summed E-state index contributed by atoms with van der Waals surface area (Å²) in [4.78, 5) is 2.89. The first-order chi connectivity index (χ1) is 9.39. The summed E-state index contributed by atoms with van der Waals surface area (Å²) in [5, 5.41) is 44.7. The van der Waals surface area contributed by atoms with E-state index < -0.39 is 59.9 Å². The Kier molecular flexibility index (Phi) is 1.65. The van der Waals surface area contributed by atoms with Gasteiger partial charge in [-0.3, -0.25) is 16.0 Å². The van der Waals surface area contributed by atoms with E-state index in [0.29, 0.717) is 0 Å². The Morgan fingerprint density at radius 2 is 2.15 bits per heavy atom. The average molecular weight is 286 g/mol. The third-order valence-corrected chi connectivity index (χ3v) is 5.80. The molecule has 0 amide bonds. The Balaban J connectivity index is 1.78. The molecule has 6 rings (SSSR count). The van der Waals surface area contributed by atoms with Gasteiger partial charge in [0.15, 0.2) is 17.9 Å². The van der Waals surface area contributed by atoms with E-state index in [2.05, 4.69) is 10.3 Å². The van der Waals surface area contributed by atoms with Gasteiger partial charge >= 0.3 is 5.96 Å². The highest BCUT2D eigenvalue weighted by molar-refractivity contribution is 5.74. The average Bonchev–Trinajstić information content (AvgIpc) is 2.81. The first kappa shape index (κ1) is 11.7. The molecule has 0 aromatic heterocycles. The fourth-order valence-corrected chi connectivity index (χ4v) is 5.26. The normalized spacial score (nSPS) is 68.3. The second-order valence-electron chi connectivity index (χ2n) is 6.44. The molecule has 6 aliphatic rings. The van der Waals surface area contributed by atoms with E-state index >= 15 is 0 Å². The van der Waals surface area contributed by atoms with Crippen molar-refractivity contribution in [2.24, 2.45) is 17.6 Å². The van der Waals surface area contributed by atoms with E-state index in [1.54, 1.807) is 0 Å². The fraction of sp³-hybridized carbons (Fsp3) is 0.909. The number of hydrogen-bond donors (Lipinski definition) is 7. The van der Waals surface area contributed by atoms with Gasteiger partial charge < -0.3 is 29.9 Å². The fourth-order valence-electron chi connectivity index (χ4n) is 5.26. The van der Waals surface area contributed by atoms with Gasteiger partial charge in [0.05, 0.1) is 18.4 Å². The van der Waals surface area contributed by atoms with Crippen molar-refractivity contribution in [3.05, 3.63) is 0 Å². The maximum Gasteiger partial charge on any atom is 0.343 e. The lowest BCUT2D eigenvalue weighted by atomic mass is 9.63. The second kappa shape index (κ2) is 2.82. The van der Waals surface area contributed by atoms with E-state index in [4.69, 9.17) is 15.2 Å². The molecule has 20 heavy (non-hydrogen) atoms. The Morgan fingerprint density at radius 1 is 1.40 bits per heavy atom. The molecule has 9 nitrogen and oxygen atoms in total. The van der Waals surface area contributed by atoms with Crippen molar-refractivity contribution in [2.75, 3.05) is 6.61 Å². The molecule has 2 unspecified atom stereocenters. The lowest BCUT2D eigenvalue weighted by Crippen LogP contribution is -2.93. The monoisotopic (exact) mass is 286 g/mol. The van der Waals surface area contributed by atoms with Crippen LogP contribution in [0.25, 0.3) is 0 Å². The number of hydrogen-bond acceptors (Lipinski definition) is 8. The highest BCUT2D eigenvalue weighted by Crippen LogP contribution is 2.69. The van der Waals surface area contributed by atoms with Crippen molar-refractivity contribution >= 4 is 5.96 Å². The van der Waals surface area contributed by atoms with Gasteiger partial charge in [-0.1, -0.05) is 0 Å². The van der Waals surface area contributed by atoms with Crippen molar-refractivity contribution in [2.45, 2.75) is 41.5 Å². The van der Waals surface area contributed by atoms with Crippen molar-refractivity contribution in [1.82, 2.24) is 5.32 Å². The third-order valence-electron chi connectivity index (χ3n) is 5.80. The number of aliphatic hydroxyl groups excluding tert-OH is 2. The summed E-state index contributed by atoms with van der Waals surface area (Å²) < 4.78 is 11.2. The first-order valence-corrected chi connectivity index (χ1v) is 6.63. The molecule has 9 heteroatoms. The van der Waals surface area contributed by atoms with Gasteiger partial charge in [-0.05, 0) is 0 Å². The standard InChI is InChI=1S/C11H15N3O6/c12-8-13-6-2-3-9(17,1-15)5-4(16)10(2,14-8)7(19-6)11(3,18)20-5/h2-7,15-18H,1H2,(H3,12,13,14)/p+1/t2-,3-,4+,5+,6?,7+,9+,10-,11?/m1/s1. The van der Waals surface area contributed by atoms with Crippen LogP contribution in [0.5, 0.6) is 0 Å². The minimum Gasteiger partial charge on any atom is -0.393 e. The molecule has 9 atom stereocenters. The van der Waals surface area contributed by atoms with Crippen LogP contribution in [0.15, 0.2) is 0 Å². The summed E-state index contributed by atoms with van der Waals surface area (Å²) in [5.41, 5.74) is 3.08. The van der Waals surface area contributed by atoms with Gasteiger partial charge in [-0.15, -0.1) is 0 Å². The second-order valence-corrected chi connectivity index (χ2v) is 6.44. The van der Waals surface area contributed by atoms with Crippen LogP contribution in [0.4, 0.5) is 0 Å². The zero-order valence-corrected chi connectivity index (χ0v) is 10.4. The van der Waals surface area contributed by atoms with E-state index in [1.165, 1.54) is 0 Å². The summed E-state index contributed by atoms with van der Waals surface area (Å²) in [6.45, 7) is -0.604. The molecular formula is C11H16N3O6+. The molecule has 0 aromatic carbocycles. The minimum atomic E-state index is -1.73. The summed E-state index contributed by atoms with van der Waals surface area (Å²) >= 11 is 0. The molecule has 1 spiro atoms. The van der Waals surface area contributed by atoms with Gasteiger partial charge in [0.25, 0.3) is 0 Å². The Bertz CT molecular complexity index is 558. The van der Waals surface area contributed by atoms with Crippen molar-refractivity contribution in [3.63, 3.8) is 0 Å². The zero-order chi connectivity index (χ0) is 14.1. The van der Waals surface area contributed by atoms with Gasteiger partial charge in [-0.2, -0.15) is 0 Å². The molecule has 5 fully saturated rings. The quantitative estimate of drug-likeness (QED) is 0.251. The molecule has 110 valence electrons. The Morgan fingerprint density at radius 3 is 2.85 bits per heavy atom. The lowest BCUT2D eigenvalue weighted by Gasteiger charge is -2.49. The number of guanidine groups is 1. The first-order valence-electron chi connectivity index (χ1n) is 6.63. The van der Waals surface area contributed by atoms with Crippen molar-refractivity contribution < 1.29 is 34.9 Å². The molecule has 3 saturated heterocycles.